The molecule has 0 spiro atoms. The van der Waals surface area contributed by atoms with Crippen LogP contribution in [0.5, 0.6) is 0 Å². The number of aliphatic hydroxyl groups excluding tert-OH is 1. The SMILES string of the molecule is C/C=C\c1cccc(CN(CC(O)C(N)Cc2cc(F)cc(F)c2)C(=O)c2cc(C)cc(C(=O)N(CCC)CCC)c2)c1. The van der Waals surface area contributed by atoms with Crippen molar-refractivity contribution in [3.05, 3.63) is 112 Å². The number of carbonyl (C=O) groups excluding carboxylic acids is 2. The highest BCUT2D eigenvalue weighted by atomic mass is 19.1. The van der Waals surface area contributed by atoms with Crippen molar-refractivity contribution in [2.45, 2.75) is 65.6 Å². The molecule has 0 fully saturated rings. The van der Waals surface area contributed by atoms with E-state index in [9.17, 15) is 23.5 Å². The van der Waals surface area contributed by atoms with Gasteiger partial charge in [0, 0.05) is 49.4 Å². The summed E-state index contributed by atoms with van der Waals surface area (Å²) in [5.74, 6) is -1.95. The quantitative estimate of drug-likeness (QED) is 0.236. The molecule has 0 aliphatic rings. The van der Waals surface area contributed by atoms with Gasteiger partial charge in [-0.15, -0.1) is 0 Å². The number of nitrogens with two attached hydrogens (primary N) is 1. The van der Waals surface area contributed by atoms with E-state index in [2.05, 4.69) is 0 Å². The highest BCUT2D eigenvalue weighted by molar-refractivity contribution is 6.00. The van der Waals surface area contributed by atoms with E-state index in [1.54, 1.807) is 23.1 Å². The number of aryl methyl sites for hydroxylation is 1. The molecule has 0 saturated carbocycles. The summed E-state index contributed by atoms with van der Waals surface area (Å²) in [5, 5.41) is 11.1. The number of allylic oxidation sites excluding steroid dienone is 1. The first kappa shape index (κ1) is 33.6. The zero-order valence-electron chi connectivity index (χ0n) is 25.5. The second-order valence-electron chi connectivity index (χ2n) is 11.0. The predicted molar refractivity (Wildman–Crippen MR) is 168 cm³/mol. The summed E-state index contributed by atoms with van der Waals surface area (Å²) >= 11 is 0. The minimum atomic E-state index is -1.19. The third-order valence-electron chi connectivity index (χ3n) is 7.11. The Morgan fingerprint density at radius 2 is 1.49 bits per heavy atom. The van der Waals surface area contributed by atoms with Gasteiger partial charge in [0.05, 0.1) is 6.10 Å². The molecule has 0 aliphatic carbocycles. The number of aliphatic hydroxyl groups is 1. The van der Waals surface area contributed by atoms with Gasteiger partial charge < -0.3 is 20.6 Å². The molecule has 3 rings (SSSR count). The summed E-state index contributed by atoms with van der Waals surface area (Å²) < 4.78 is 27.5. The Labute approximate surface area is 253 Å². The van der Waals surface area contributed by atoms with Crippen LogP contribution in [0.3, 0.4) is 0 Å². The van der Waals surface area contributed by atoms with Gasteiger partial charge in [-0.25, -0.2) is 8.78 Å². The van der Waals surface area contributed by atoms with Gasteiger partial charge in [-0.3, -0.25) is 9.59 Å². The van der Waals surface area contributed by atoms with E-state index in [-0.39, 0.29) is 31.3 Å². The van der Waals surface area contributed by atoms with Crippen LogP contribution in [-0.2, 0) is 13.0 Å². The maximum atomic E-state index is 14.0. The molecular formula is C35H43F2N3O3. The molecule has 0 aromatic heterocycles. The third kappa shape index (κ3) is 9.83. The van der Waals surface area contributed by atoms with Crippen LogP contribution in [0.1, 0.15) is 76.6 Å². The van der Waals surface area contributed by atoms with Crippen molar-refractivity contribution in [1.29, 1.82) is 0 Å². The topological polar surface area (TPSA) is 86.9 Å². The van der Waals surface area contributed by atoms with E-state index >= 15 is 0 Å². The van der Waals surface area contributed by atoms with Crippen LogP contribution < -0.4 is 5.73 Å². The minimum Gasteiger partial charge on any atom is -0.390 e. The summed E-state index contributed by atoms with van der Waals surface area (Å²) in [6.07, 6.45) is 4.35. The molecule has 0 radical (unpaired) electrons. The standard InChI is InChI=1S/C35H43F2N3O3/c1-5-9-25-10-8-11-26(16-25)22-40(23-33(41)32(38)19-27-17-30(36)21-31(37)18-27)35(43)29-15-24(4)14-28(20-29)34(42)39(12-6-2)13-7-3/h5,8-11,14-18,20-21,32-33,41H,6-7,12-13,19,22-23,38H2,1-4H3/b9-5-. The molecule has 0 aliphatic heterocycles. The van der Waals surface area contributed by atoms with Gasteiger partial charge >= 0.3 is 0 Å². The van der Waals surface area contributed by atoms with Gasteiger partial charge in [0.2, 0.25) is 0 Å². The first-order valence-electron chi connectivity index (χ1n) is 14.8. The Balaban J connectivity index is 1.93. The van der Waals surface area contributed by atoms with Crippen molar-refractivity contribution < 1.29 is 23.5 Å². The maximum Gasteiger partial charge on any atom is 0.254 e. The fourth-order valence-corrected chi connectivity index (χ4v) is 5.18. The summed E-state index contributed by atoms with van der Waals surface area (Å²) in [5.41, 5.74) is 9.93. The van der Waals surface area contributed by atoms with Crippen LogP contribution in [-0.4, -0.2) is 58.5 Å². The van der Waals surface area contributed by atoms with Crippen LogP contribution in [0.15, 0.2) is 66.7 Å². The molecule has 230 valence electrons. The predicted octanol–water partition coefficient (Wildman–Crippen LogP) is 6.14. The van der Waals surface area contributed by atoms with Crippen molar-refractivity contribution >= 4 is 17.9 Å². The van der Waals surface area contributed by atoms with E-state index < -0.39 is 23.8 Å². The number of hydrogen-bond acceptors (Lipinski definition) is 4. The van der Waals surface area contributed by atoms with E-state index in [1.165, 1.54) is 17.0 Å². The van der Waals surface area contributed by atoms with E-state index in [0.29, 0.717) is 29.8 Å². The number of benzene rings is 3. The van der Waals surface area contributed by atoms with Crippen molar-refractivity contribution in [1.82, 2.24) is 9.80 Å². The summed E-state index contributed by atoms with van der Waals surface area (Å²) in [6, 6.07) is 15.1. The monoisotopic (exact) mass is 591 g/mol. The summed E-state index contributed by atoms with van der Waals surface area (Å²) in [4.78, 5) is 30.7. The van der Waals surface area contributed by atoms with Crippen LogP contribution in [0, 0.1) is 18.6 Å². The Morgan fingerprint density at radius 1 is 0.884 bits per heavy atom. The van der Waals surface area contributed by atoms with Crippen molar-refractivity contribution in [2.75, 3.05) is 19.6 Å². The van der Waals surface area contributed by atoms with Gasteiger partial charge in [-0.2, -0.15) is 0 Å². The lowest BCUT2D eigenvalue weighted by Crippen LogP contribution is -2.46. The van der Waals surface area contributed by atoms with Crippen LogP contribution in [0.25, 0.3) is 6.08 Å². The fraction of sp³-hybridized carbons (Fsp3) is 0.371. The molecule has 2 amide bonds. The number of hydrogen-bond donors (Lipinski definition) is 2. The van der Waals surface area contributed by atoms with Crippen LogP contribution in [0.2, 0.25) is 0 Å². The largest absolute Gasteiger partial charge is 0.390 e. The minimum absolute atomic E-state index is 0.0163. The Hall–Kier alpha value is -3.88. The van der Waals surface area contributed by atoms with Gasteiger partial charge in [-0.1, -0.05) is 44.2 Å². The highest BCUT2D eigenvalue weighted by Gasteiger charge is 2.25. The lowest BCUT2D eigenvalue weighted by Gasteiger charge is -2.29. The molecule has 2 unspecified atom stereocenters. The van der Waals surface area contributed by atoms with Gasteiger partial charge in [-0.05, 0) is 91.8 Å². The first-order chi connectivity index (χ1) is 20.5. The number of carbonyl (C=O) groups is 2. The second kappa shape index (κ2) is 16.1. The lowest BCUT2D eigenvalue weighted by molar-refractivity contribution is 0.0554. The zero-order chi connectivity index (χ0) is 31.5. The molecule has 6 nitrogen and oxygen atoms in total. The summed E-state index contributed by atoms with van der Waals surface area (Å²) in [7, 11) is 0. The molecule has 8 heteroatoms. The average Bonchev–Trinajstić information content (AvgIpc) is 2.95. The molecule has 3 aromatic carbocycles. The second-order valence-corrected chi connectivity index (χ2v) is 11.0. The molecule has 3 N–H and O–H groups in total. The fourth-order valence-electron chi connectivity index (χ4n) is 5.18. The number of amides is 2. The summed E-state index contributed by atoms with van der Waals surface area (Å²) in [6.45, 7) is 9.10. The molecule has 2 atom stereocenters. The Morgan fingerprint density at radius 3 is 2.07 bits per heavy atom. The highest BCUT2D eigenvalue weighted by Crippen LogP contribution is 2.19. The van der Waals surface area contributed by atoms with Crippen molar-refractivity contribution in [3.63, 3.8) is 0 Å². The molecule has 3 aromatic rings. The normalized spacial score (nSPS) is 12.7. The zero-order valence-corrected chi connectivity index (χ0v) is 25.5. The molecular weight excluding hydrogens is 548 g/mol. The maximum absolute atomic E-state index is 14.0. The van der Waals surface area contributed by atoms with Crippen molar-refractivity contribution in [3.8, 4) is 0 Å². The first-order valence-corrected chi connectivity index (χ1v) is 14.8. The average molecular weight is 592 g/mol. The van der Waals surface area contributed by atoms with E-state index in [1.807, 2.05) is 64.1 Å². The van der Waals surface area contributed by atoms with Crippen LogP contribution in [0.4, 0.5) is 8.78 Å². The van der Waals surface area contributed by atoms with E-state index in [0.717, 1.165) is 35.6 Å². The Bertz CT molecular complexity index is 1400. The smallest absolute Gasteiger partial charge is 0.254 e. The number of nitrogens with zero attached hydrogens (tertiary/aromatic N) is 2. The molecule has 0 saturated heterocycles. The van der Waals surface area contributed by atoms with Crippen molar-refractivity contribution in [2.24, 2.45) is 5.73 Å². The van der Waals surface area contributed by atoms with Gasteiger partial charge in [0.1, 0.15) is 11.6 Å². The molecule has 0 bridgehead atoms. The molecule has 0 heterocycles. The Kier molecular flexibility index (Phi) is 12.6. The number of halogens is 2. The van der Waals surface area contributed by atoms with Crippen LogP contribution >= 0.6 is 0 Å². The lowest BCUT2D eigenvalue weighted by atomic mass is 10.00. The van der Waals surface area contributed by atoms with Gasteiger partial charge in [0.15, 0.2) is 0 Å². The third-order valence-corrected chi connectivity index (χ3v) is 7.11. The molecule has 43 heavy (non-hydrogen) atoms. The number of rotatable bonds is 14. The van der Waals surface area contributed by atoms with E-state index in [4.69, 9.17) is 5.73 Å². The van der Waals surface area contributed by atoms with Gasteiger partial charge in [0.25, 0.3) is 11.8 Å².